The molecule has 0 saturated heterocycles. The summed E-state index contributed by atoms with van der Waals surface area (Å²) in [5, 5.41) is 4.16. The summed E-state index contributed by atoms with van der Waals surface area (Å²) in [6.07, 6.45) is 4.88. The van der Waals surface area contributed by atoms with E-state index in [1.54, 1.807) is 30.6 Å². The molecular formula is C25H20N4O. The van der Waals surface area contributed by atoms with Crippen LogP contribution in [0.5, 0.6) is 0 Å². The summed E-state index contributed by atoms with van der Waals surface area (Å²) in [6, 6.07) is 29.1. The van der Waals surface area contributed by atoms with Crippen molar-refractivity contribution in [2.45, 2.75) is 0 Å². The van der Waals surface area contributed by atoms with Gasteiger partial charge in [-0.15, -0.1) is 0 Å². The summed E-state index contributed by atoms with van der Waals surface area (Å²) in [5.41, 5.74) is 4.47. The molecule has 0 aliphatic heterocycles. The highest BCUT2D eigenvalue weighted by atomic mass is 16.1. The van der Waals surface area contributed by atoms with Crippen molar-refractivity contribution in [3.63, 3.8) is 0 Å². The van der Waals surface area contributed by atoms with Crippen LogP contribution in [0, 0.1) is 0 Å². The SMILES string of the molecule is O=C(Nc1ccccc1-c1cc2ccccc2[nH]1)c1ccccc1.c1cncnc1. The smallest absolute Gasteiger partial charge is 0.255 e. The fraction of sp³-hybridized carbons (Fsp3) is 0. The minimum atomic E-state index is -0.112. The fourth-order valence-corrected chi connectivity index (χ4v) is 3.08. The molecule has 5 nitrogen and oxygen atoms in total. The zero-order valence-corrected chi connectivity index (χ0v) is 16.2. The second kappa shape index (κ2) is 9.30. The molecule has 0 bridgehead atoms. The maximum atomic E-state index is 12.4. The Balaban J connectivity index is 0.000000313. The molecule has 2 N–H and O–H groups in total. The van der Waals surface area contributed by atoms with Crippen LogP contribution in [-0.4, -0.2) is 20.9 Å². The number of rotatable bonds is 3. The van der Waals surface area contributed by atoms with E-state index < -0.39 is 0 Å². The van der Waals surface area contributed by atoms with Gasteiger partial charge in [-0.25, -0.2) is 9.97 Å². The lowest BCUT2D eigenvalue weighted by Crippen LogP contribution is -2.12. The van der Waals surface area contributed by atoms with Crippen LogP contribution in [0.1, 0.15) is 10.4 Å². The van der Waals surface area contributed by atoms with Crippen LogP contribution in [0.4, 0.5) is 5.69 Å². The third-order valence-electron chi connectivity index (χ3n) is 4.51. The van der Waals surface area contributed by atoms with Crippen LogP contribution in [0.15, 0.2) is 110 Å². The number of para-hydroxylation sites is 2. The Kier molecular flexibility index (Phi) is 5.91. The number of anilines is 1. The first-order valence-corrected chi connectivity index (χ1v) is 9.55. The molecule has 0 saturated carbocycles. The van der Waals surface area contributed by atoms with Gasteiger partial charge in [0, 0.05) is 40.1 Å². The zero-order chi connectivity index (χ0) is 20.6. The monoisotopic (exact) mass is 392 g/mol. The van der Waals surface area contributed by atoms with E-state index in [2.05, 4.69) is 32.4 Å². The molecule has 3 aromatic carbocycles. The first-order valence-electron chi connectivity index (χ1n) is 9.55. The van der Waals surface area contributed by atoms with Crippen molar-refractivity contribution in [2.75, 3.05) is 5.32 Å². The number of carbonyl (C=O) groups excluding carboxylic acids is 1. The van der Waals surface area contributed by atoms with Gasteiger partial charge in [-0.3, -0.25) is 4.79 Å². The standard InChI is InChI=1S/C21H16N2O.C4H4N2/c24-21(15-8-2-1-3-9-15)23-19-13-7-5-11-17(19)20-14-16-10-4-6-12-18(16)22-20;1-2-5-4-6-3-1/h1-14,22H,(H,23,24);1-4H. The number of hydrogen-bond acceptors (Lipinski definition) is 3. The predicted molar refractivity (Wildman–Crippen MR) is 120 cm³/mol. The first-order chi connectivity index (χ1) is 14.8. The van der Waals surface area contributed by atoms with E-state index in [1.165, 1.54) is 6.33 Å². The van der Waals surface area contributed by atoms with E-state index in [0.717, 1.165) is 27.8 Å². The molecular weight excluding hydrogens is 372 g/mol. The van der Waals surface area contributed by atoms with Crippen LogP contribution < -0.4 is 5.32 Å². The molecule has 2 heterocycles. The summed E-state index contributed by atoms with van der Waals surface area (Å²) in [6.45, 7) is 0. The molecule has 0 aliphatic rings. The molecule has 146 valence electrons. The Morgan fingerprint density at radius 2 is 1.47 bits per heavy atom. The lowest BCUT2D eigenvalue weighted by molar-refractivity contribution is 0.102. The van der Waals surface area contributed by atoms with Crippen LogP contribution in [0.25, 0.3) is 22.2 Å². The van der Waals surface area contributed by atoms with E-state index in [0.29, 0.717) is 5.56 Å². The highest BCUT2D eigenvalue weighted by molar-refractivity contribution is 6.06. The summed E-state index contributed by atoms with van der Waals surface area (Å²) in [4.78, 5) is 23.2. The number of nitrogens with one attached hydrogen (secondary N) is 2. The lowest BCUT2D eigenvalue weighted by Gasteiger charge is -2.10. The molecule has 5 heteroatoms. The predicted octanol–water partition coefficient (Wildman–Crippen LogP) is 5.56. The third-order valence-corrected chi connectivity index (χ3v) is 4.51. The molecule has 5 aromatic rings. The van der Waals surface area contributed by atoms with Gasteiger partial charge in [0.05, 0.1) is 5.69 Å². The molecule has 2 aromatic heterocycles. The van der Waals surface area contributed by atoms with Gasteiger partial charge < -0.3 is 10.3 Å². The summed E-state index contributed by atoms with van der Waals surface area (Å²) < 4.78 is 0. The van der Waals surface area contributed by atoms with Crippen LogP contribution in [0.2, 0.25) is 0 Å². The normalized spacial score (nSPS) is 10.1. The lowest BCUT2D eigenvalue weighted by atomic mass is 10.1. The number of hydrogen-bond donors (Lipinski definition) is 2. The van der Waals surface area contributed by atoms with Crippen LogP contribution >= 0.6 is 0 Å². The van der Waals surface area contributed by atoms with E-state index in [-0.39, 0.29) is 5.91 Å². The quantitative estimate of drug-likeness (QED) is 0.422. The molecule has 0 spiro atoms. The van der Waals surface area contributed by atoms with Gasteiger partial charge >= 0.3 is 0 Å². The van der Waals surface area contributed by atoms with E-state index in [9.17, 15) is 4.79 Å². The number of amides is 1. The largest absolute Gasteiger partial charge is 0.354 e. The maximum Gasteiger partial charge on any atom is 0.255 e. The van der Waals surface area contributed by atoms with E-state index in [1.807, 2.05) is 60.7 Å². The van der Waals surface area contributed by atoms with Crippen molar-refractivity contribution in [1.29, 1.82) is 0 Å². The third kappa shape index (κ3) is 4.59. The Morgan fingerprint density at radius 3 is 2.17 bits per heavy atom. The van der Waals surface area contributed by atoms with Gasteiger partial charge in [0.1, 0.15) is 6.33 Å². The van der Waals surface area contributed by atoms with Crippen LogP contribution in [0.3, 0.4) is 0 Å². The zero-order valence-electron chi connectivity index (χ0n) is 16.2. The summed E-state index contributed by atoms with van der Waals surface area (Å²) in [7, 11) is 0. The highest BCUT2D eigenvalue weighted by Gasteiger charge is 2.11. The van der Waals surface area contributed by atoms with Gasteiger partial charge in [0.2, 0.25) is 0 Å². The minimum Gasteiger partial charge on any atom is -0.354 e. The van der Waals surface area contributed by atoms with Gasteiger partial charge in [-0.1, -0.05) is 54.6 Å². The number of aromatic amines is 1. The van der Waals surface area contributed by atoms with Crippen molar-refractivity contribution >= 4 is 22.5 Å². The molecule has 0 fully saturated rings. The average molecular weight is 392 g/mol. The topological polar surface area (TPSA) is 70.7 Å². The number of H-pyrrole nitrogens is 1. The molecule has 0 radical (unpaired) electrons. The minimum absolute atomic E-state index is 0.112. The number of nitrogens with zero attached hydrogens (tertiary/aromatic N) is 2. The fourth-order valence-electron chi connectivity index (χ4n) is 3.08. The Labute approximate surface area is 174 Å². The average Bonchev–Trinajstić information content (AvgIpc) is 3.26. The van der Waals surface area contributed by atoms with Crippen molar-refractivity contribution in [3.8, 4) is 11.3 Å². The van der Waals surface area contributed by atoms with E-state index >= 15 is 0 Å². The molecule has 0 unspecified atom stereocenters. The number of fused-ring (bicyclic) bond motifs is 1. The van der Waals surface area contributed by atoms with Gasteiger partial charge in [0.15, 0.2) is 0 Å². The number of carbonyl (C=O) groups is 1. The molecule has 0 atom stereocenters. The summed E-state index contributed by atoms with van der Waals surface area (Å²) >= 11 is 0. The van der Waals surface area contributed by atoms with Crippen molar-refractivity contribution in [1.82, 2.24) is 15.0 Å². The maximum absolute atomic E-state index is 12.4. The Hall–Kier alpha value is -4.25. The number of aromatic nitrogens is 3. The molecule has 0 aliphatic carbocycles. The van der Waals surface area contributed by atoms with Crippen molar-refractivity contribution in [3.05, 3.63) is 115 Å². The van der Waals surface area contributed by atoms with E-state index in [4.69, 9.17) is 0 Å². The molecule has 1 amide bonds. The Morgan fingerprint density at radius 1 is 0.767 bits per heavy atom. The Bertz CT molecular complexity index is 1170. The highest BCUT2D eigenvalue weighted by Crippen LogP contribution is 2.30. The van der Waals surface area contributed by atoms with Crippen molar-refractivity contribution < 1.29 is 4.79 Å². The second-order valence-corrected chi connectivity index (χ2v) is 6.54. The van der Waals surface area contributed by atoms with Gasteiger partial charge in [-0.2, -0.15) is 0 Å². The van der Waals surface area contributed by atoms with Gasteiger partial charge in [0.25, 0.3) is 5.91 Å². The van der Waals surface area contributed by atoms with Crippen molar-refractivity contribution in [2.24, 2.45) is 0 Å². The van der Waals surface area contributed by atoms with Gasteiger partial charge in [-0.05, 0) is 36.4 Å². The summed E-state index contributed by atoms with van der Waals surface area (Å²) in [5.74, 6) is -0.112. The van der Waals surface area contributed by atoms with Crippen LogP contribution in [-0.2, 0) is 0 Å². The second-order valence-electron chi connectivity index (χ2n) is 6.54. The molecule has 5 rings (SSSR count). The molecule has 30 heavy (non-hydrogen) atoms. The number of benzene rings is 3. The first kappa shape index (κ1) is 19.1.